The third kappa shape index (κ3) is 1.64. The quantitative estimate of drug-likeness (QED) is 0.732. The van der Waals surface area contributed by atoms with Gasteiger partial charge in [0.05, 0.1) is 16.8 Å². The number of aromatic nitrogens is 2. The molecule has 0 fully saturated rings. The predicted molar refractivity (Wildman–Crippen MR) is 79.7 cm³/mol. The number of hydrogen-bond donors (Lipinski definition) is 1. The van der Waals surface area contributed by atoms with E-state index in [1.165, 1.54) is 5.56 Å². The third-order valence-corrected chi connectivity index (χ3v) is 3.65. The zero-order valence-electron chi connectivity index (χ0n) is 11.4. The van der Waals surface area contributed by atoms with E-state index in [1.807, 2.05) is 28.8 Å². The van der Waals surface area contributed by atoms with Crippen molar-refractivity contribution in [1.82, 2.24) is 9.55 Å². The minimum absolute atomic E-state index is 0.399. The largest absolute Gasteiger partial charge is 0.369 e. The van der Waals surface area contributed by atoms with Crippen molar-refractivity contribution in [2.75, 3.05) is 5.73 Å². The van der Waals surface area contributed by atoms with Gasteiger partial charge < -0.3 is 5.73 Å². The topological polar surface area (TPSA) is 67.6 Å². The van der Waals surface area contributed by atoms with Crippen molar-refractivity contribution >= 4 is 17.0 Å². The van der Waals surface area contributed by atoms with Crippen LogP contribution in [-0.4, -0.2) is 9.55 Å². The molecule has 0 saturated carbocycles. The van der Waals surface area contributed by atoms with Crippen molar-refractivity contribution in [3.05, 3.63) is 53.1 Å². The van der Waals surface area contributed by atoms with Crippen LogP contribution >= 0.6 is 0 Å². The molecule has 2 aromatic carbocycles. The van der Waals surface area contributed by atoms with E-state index < -0.39 is 0 Å². The Morgan fingerprint density at radius 1 is 1.15 bits per heavy atom. The van der Waals surface area contributed by atoms with Gasteiger partial charge in [0.2, 0.25) is 5.95 Å². The van der Waals surface area contributed by atoms with Crippen LogP contribution in [0.15, 0.2) is 36.4 Å². The van der Waals surface area contributed by atoms with E-state index in [0.717, 1.165) is 16.8 Å². The number of anilines is 1. The van der Waals surface area contributed by atoms with Gasteiger partial charge >= 0.3 is 0 Å². The van der Waals surface area contributed by atoms with Gasteiger partial charge in [-0.2, -0.15) is 5.26 Å². The average Bonchev–Trinajstić information content (AvgIpc) is 2.78. The lowest BCUT2D eigenvalue weighted by atomic mass is 10.1. The average molecular weight is 262 g/mol. The first-order valence-electron chi connectivity index (χ1n) is 6.37. The maximum atomic E-state index is 9.16. The Hall–Kier alpha value is -2.80. The fraction of sp³-hybridized carbons (Fsp3) is 0.125. The second-order valence-electron chi connectivity index (χ2n) is 4.81. The molecular formula is C16H14N4. The molecule has 0 saturated heterocycles. The summed E-state index contributed by atoms with van der Waals surface area (Å²) in [5.41, 5.74) is 11.5. The highest BCUT2D eigenvalue weighted by Gasteiger charge is 2.14. The number of nitrogens with zero attached hydrogens (tertiary/aromatic N) is 3. The van der Waals surface area contributed by atoms with Gasteiger partial charge in [-0.3, -0.25) is 4.57 Å². The molecule has 0 aliphatic rings. The van der Waals surface area contributed by atoms with Crippen LogP contribution in [0.2, 0.25) is 0 Å². The van der Waals surface area contributed by atoms with Crippen LogP contribution in [0.25, 0.3) is 16.7 Å². The van der Waals surface area contributed by atoms with Crippen LogP contribution in [0.1, 0.15) is 16.7 Å². The lowest BCUT2D eigenvalue weighted by molar-refractivity contribution is 1.08. The zero-order valence-corrected chi connectivity index (χ0v) is 11.4. The number of nitriles is 1. The molecule has 0 spiro atoms. The summed E-state index contributed by atoms with van der Waals surface area (Å²) in [7, 11) is 0. The third-order valence-electron chi connectivity index (χ3n) is 3.65. The highest BCUT2D eigenvalue weighted by atomic mass is 15.2. The molecule has 0 unspecified atom stereocenters. The number of nitrogens with two attached hydrogens (primary N) is 1. The SMILES string of the molecule is Cc1cccc(-n2c(N)nc3c(C#N)cccc32)c1C. The van der Waals surface area contributed by atoms with Gasteiger partial charge in [-0.15, -0.1) is 0 Å². The fourth-order valence-electron chi connectivity index (χ4n) is 2.44. The minimum Gasteiger partial charge on any atom is -0.369 e. The van der Waals surface area contributed by atoms with E-state index in [4.69, 9.17) is 11.0 Å². The van der Waals surface area contributed by atoms with Gasteiger partial charge in [-0.1, -0.05) is 18.2 Å². The fourth-order valence-corrected chi connectivity index (χ4v) is 2.44. The molecule has 4 nitrogen and oxygen atoms in total. The molecule has 3 aromatic rings. The van der Waals surface area contributed by atoms with Crippen LogP contribution in [0.3, 0.4) is 0 Å². The molecule has 1 aromatic heterocycles. The molecule has 0 atom stereocenters. The van der Waals surface area contributed by atoms with Crippen molar-refractivity contribution in [3.63, 3.8) is 0 Å². The highest BCUT2D eigenvalue weighted by Crippen LogP contribution is 2.27. The molecule has 4 heteroatoms. The van der Waals surface area contributed by atoms with Crippen LogP contribution in [-0.2, 0) is 0 Å². The van der Waals surface area contributed by atoms with Gasteiger partial charge in [0.15, 0.2) is 0 Å². The van der Waals surface area contributed by atoms with Crippen molar-refractivity contribution < 1.29 is 0 Å². The van der Waals surface area contributed by atoms with E-state index in [1.54, 1.807) is 6.07 Å². The first kappa shape index (κ1) is 12.2. The normalized spacial score (nSPS) is 10.7. The molecule has 0 bridgehead atoms. The summed E-state index contributed by atoms with van der Waals surface area (Å²) in [6.07, 6.45) is 0. The number of benzene rings is 2. The number of aryl methyl sites for hydroxylation is 1. The zero-order chi connectivity index (χ0) is 14.3. The number of hydrogen-bond acceptors (Lipinski definition) is 3. The molecular weight excluding hydrogens is 248 g/mol. The Morgan fingerprint density at radius 3 is 2.65 bits per heavy atom. The van der Waals surface area contributed by atoms with E-state index in [-0.39, 0.29) is 0 Å². The van der Waals surface area contributed by atoms with Crippen LogP contribution in [0, 0.1) is 25.2 Å². The van der Waals surface area contributed by atoms with Crippen molar-refractivity contribution in [3.8, 4) is 11.8 Å². The first-order chi connectivity index (χ1) is 9.63. The Kier molecular flexibility index (Phi) is 2.69. The van der Waals surface area contributed by atoms with Crippen molar-refractivity contribution in [2.45, 2.75) is 13.8 Å². The van der Waals surface area contributed by atoms with Gasteiger partial charge in [0.25, 0.3) is 0 Å². The molecule has 2 N–H and O–H groups in total. The monoisotopic (exact) mass is 262 g/mol. The molecule has 98 valence electrons. The number of nitrogen functional groups attached to an aromatic ring is 1. The molecule has 0 aliphatic carbocycles. The van der Waals surface area contributed by atoms with Crippen molar-refractivity contribution in [1.29, 1.82) is 5.26 Å². The Labute approximate surface area is 117 Å². The van der Waals surface area contributed by atoms with E-state index in [2.05, 4.69) is 31.0 Å². The van der Waals surface area contributed by atoms with Gasteiger partial charge in [-0.05, 0) is 43.2 Å². The summed E-state index contributed by atoms with van der Waals surface area (Å²) in [5.74, 6) is 0.399. The number of imidazole rings is 1. The Bertz CT molecular complexity index is 853. The molecule has 0 aliphatic heterocycles. The van der Waals surface area contributed by atoms with Crippen LogP contribution < -0.4 is 5.73 Å². The second kappa shape index (κ2) is 4.39. The van der Waals surface area contributed by atoms with Gasteiger partial charge in [0.1, 0.15) is 11.6 Å². The predicted octanol–water partition coefficient (Wildman–Crippen LogP) is 3.10. The van der Waals surface area contributed by atoms with Gasteiger partial charge in [0, 0.05) is 0 Å². The standard InChI is InChI=1S/C16H14N4/c1-10-5-3-7-13(11(10)2)20-14-8-4-6-12(9-17)15(14)19-16(20)18/h3-8H,1-2H3,(H2,18,19). The number of rotatable bonds is 1. The van der Waals surface area contributed by atoms with E-state index in [0.29, 0.717) is 17.0 Å². The molecule has 0 amide bonds. The smallest absolute Gasteiger partial charge is 0.205 e. The summed E-state index contributed by atoms with van der Waals surface area (Å²) in [4.78, 5) is 4.35. The molecule has 0 radical (unpaired) electrons. The van der Waals surface area contributed by atoms with E-state index in [9.17, 15) is 0 Å². The van der Waals surface area contributed by atoms with Crippen LogP contribution in [0.5, 0.6) is 0 Å². The van der Waals surface area contributed by atoms with Crippen LogP contribution in [0.4, 0.5) is 5.95 Å². The lowest BCUT2D eigenvalue weighted by Gasteiger charge is -2.11. The number of para-hydroxylation sites is 1. The summed E-state index contributed by atoms with van der Waals surface area (Å²) >= 11 is 0. The summed E-state index contributed by atoms with van der Waals surface area (Å²) < 4.78 is 1.90. The maximum Gasteiger partial charge on any atom is 0.205 e. The first-order valence-corrected chi connectivity index (χ1v) is 6.37. The Balaban J connectivity index is 2.41. The summed E-state index contributed by atoms with van der Waals surface area (Å²) in [5, 5.41) is 9.16. The minimum atomic E-state index is 0.399. The highest BCUT2D eigenvalue weighted by molar-refractivity contribution is 5.86. The molecule has 3 rings (SSSR count). The van der Waals surface area contributed by atoms with Gasteiger partial charge in [-0.25, -0.2) is 4.98 Å². The maximum absolute atomic E-state index is 9.16. The summed E-state index contributed by atoms with van der Waals surface area (Å²) in [6, 6.07) is 13.8. The molecule has 20 heavy (non-hydrogen) atoms. The Morgan fingerprint density at radius 2 is 1.90 bits per heavy atom. The van der Waals surface area contributed by atoms with E-state index >= 15 is 0 Å². The summed E-state index contributed by atoms with van der Waals surface area (Å²) in [6.45, 7) is 4.12. The lowest BCUT2D eigenvalue weighted by Crippen LogP contribution is -2.03. The molecule has 1 heterocycles. The second-order valence-corrected chi connectivity index (χ2v) is 4.81. The van der Waals surface area contributed by atoms with Crippen molar-refractivity contribution in [2.24, 2.45) is 0 Å². The number of fused-ring (bicyclic) bond motifs is 1.